The number of hydrogen-bond acceptors (Lipinski definition) is 1. The summed E-state index contributed by atoms with van der Waals surface area (Å²) in [6.45, 7) is 0. The molecule has 0 N–H and O–H groups in total. The Hall–Kier alpha value is -6.02. The molecule has 0 saturated carbocycles. The van der Waals surface area contributed by atoms with Crippen LogP contribution in [-0.4, -0.2) is 0 Å². The molecule has 0 aliphatic carbocycles. The Labute approximate surface area is 287 Å². The second-order valence-corrected chi connectivity index (χ2v) is 14.2. The van der Waals surface area contributed by atoms with Gasteiger partial charge in [0.15, 0.2) is 0 Å². The van der Waals surface area contributed by atoms with Crippen molar-refractivity contribution in [2.75, 3.05) is 0 Å². The Morgan fingerprint density at radius 2 is 0.735 bits per heavy atom. The molecule has 1 heteroatoms. The minimum absolute atomic E-state index is 1.24. The molecule has 1 heterocycles. The Bertz CT molecular complexity index is 3160. The van der Waals surface area contributed by atoms with E-state index in [2.05, 4.69) is 170 Å². The molecule has 1 aromatic heterocycles. The van der Waals surface area contributed by atoms with Crippen molar-refractivity contribution in [3.8, 4) is 22.3 Å². The summed E-state index contributed by atoms with van der Waals surface area (Å²) < 4.78 is 2.69. The summed E-state index contributed by atoms with van der Waals surface area (Å²) in [5, 5.41) is 18.4. The van der Waals surface area contributed by atoms with Crippen LogP contribution in [0.3, 0.4) is 0 Å². The van der Waals surface area contributed by atoms with Crippen LogP contribution in [0.15, 0.2) is 170 Å². The highest BCUT2D eigenvalue weighted by molar-refractivity contribution is 7.26. The van der Waals surface area contributed by atoms with Crippen LogP contribution in [0.5, 0.6) is 0 Å². The lowest BCUT2D eigenvalue weighted by Crippen LogP contribution is -1.90. The molecule has 0 nitrogen and oxygen atoms in total. The van der Waals surface area contributed by atoms with Gasteiger partial charge >= 0.3 is 0 Å². The van der Waals surface area contributed by atoms with Crippen molar-refractivity contribution in [2.24, 2.45) is 0 Å². The SMILES string of the molecule is c1ccc2c(c1)sc1c(-c3ccc(-c4ccc5c(c4)c4ccccc4c4c6ccccc6c6ccccc6c54)c4ccccc34)cccc12. The zero-order valence-electron chi connectivity index (χ0n) is 26.6. The fraction of sp³-hybridized carbons (Fsp3) is 0. The molecule has 0 atom stereocenters. The number of rotatable bonds is 2. The molecule has 0 saturated heterocycles. The van der Waals surface area contributed by atoms with Gasteiger partial charge in [-0.25, -0.2) is 0 Å². The summed E-state index contributed by atoms with van der Waals surface area (Å²) in [6, 6.07) is 63.1. The van der Waals surface area contributed by atoms with Crippen molar-refractivity contribution in [3.05, 3.63) is 170 Å². The minimum Gasteiger partial charge on any atom is -0.135 e. The fourth-order valence-corrected chi connectivity index (χ4v) is 9.76. The van der Waals surface area contributed by atoms with Gasteiger partial charge in [0, 0.05) is 25.7 Å². The summed E-state index contributed by atoms with van der Waals surface area (Å²) in [5.41, 5.74) is 5.09. The maximum absolute atomic E-state index is 2.44. The molecule has 226 valence electrons. The molecule has 0 fully saturated rings. The number of fused-ring (bicyclic) bond motifs is 15. The van der Waals surface area contributed by atoms with Gasteiger partial charge in [0.25, 0.3) is 0 Å². The topological polar surface area (TPSA) is 0 Å². The second-order valence-electron chi connectivity index (χ2n) is 13.1. The van der Waals surface area contributed by atoms with Crippen LogP contribution in [0.2, 0.25) is 0 Å². The molecule has 0 unspecified atom stereocenters. The van der Waals surface area contributed by atoms with Crippen molar-refractivity contribution in [1.29, 1.82) is 0 Å². The van der Waals surface area contributed by atoms with Crippen molar-refractivity contribution < 1.29 is 0 Å². The smallest absolute Gasteiger partial charge is 0.0434 e. The molecule has 0 spiro atoms. The summed E-state index contributed by atoms with van der Waals surface area (Å²) in [5.74, 6) is 0. The molecular weight excluding hydrogens is 609 g/mol. The van der Waals surface area contributed by atoms with E-state index in [4.69, 9.17) is 0 Å². The highest BCUT2D eigenvalue weighted by Gasteiger charge is 2.18. The maximum atomic E-state index is 2.44. The van der Waals surface area contributed by atoms with Crippen molar-refractivity contribution >= 4 is 96.1 Å². The lowest BCUT2D eigenvalue weighted by atomic mass is 9.85. The zero-order valence-corrected chi connectivity index (χ0v) is 27.4. The van der Waals surface area contributed by atoms with Gasteiger partial charge in [-0.15, -0.1) is 11.3 Å². The monoisotopic (exact) mass is 636 g/mol. The normalized spacial score (nSPS) is 12.1. The largest absolute Gasteiger partial charge is 0.135 e. The Balaban J connectivity index is 1.20. The Morgan fingerprint density at radius 3 is 1.39 bits per heavy atom. The number of benzene rings is 10. The molecule has 0 bridgehead atoms. The van der Waals surface area contributed by atoms with E-state index in [1.54, 1.807) is 0 Å². The Morgan fingerprint density at radius 1 is 0.265 bits per heavy atom. The predicted molar refractivity (Wildman–Crippen MR) is 215 cm³/mol. The first kappa shape index (κ1) is 27.0. The van der Waals surface area contributed by atoms with Gasteiger partial charge in [-0.1, -0.05) is 158 Å². The molecular formula is C48H28S. The van der Waals surface area contributed by atoms with Crippen molar-refractivity contribution in [2.45, 2.75) is 0 Å². The molecule has 0 radical (unpaired) electrons. The third-order valence-electron chi connectivity index (χ3n) is 10.6. The number of thiophene rings is 1. The standard InChI is InChI=1S/C48H28S/c1-2-13-32-31(12-1)30(26-27-36(32)42-21-11-22-43-37-17-9-10-23-45(37)49-48(42)43)29-24-25-41-44(28-29)35-16-5-8-20-40(35)46-38-18-6-3-14-33(38)34-15-4-7-19-39(34)47(41)46/h1-28H. The van der Waals surface area contributed by atoms with Crippen LogP contribution >= 0.6 is 11.3 Å². The average Bonchev–Trinajstić information content (AvgIpc) is 3.56. The van der Waals surface area contributed by atoms with Crippen LogP contribution in [0.4, 0.5) is 0 Å². The van der Waals surface area contributed by atoms with Crippen LogP contribution in [0.1, 0.15) is 0 Å². The molecule has 11 rings (SSSR count). The van der Waals surface area contributed by atoms with Crippen LogP contribution in [-0.2, 0) is 0 Å². The van der Waals surface area contributed by atoms with Crippen molar-refractivity contribution in [3.63, 3.8) is 0 Å². The van der Waals surface area contributed by atoms with E-state index in [0.29, 0.717) is 0 Å². The van der Waals surface area contributed by atoms with Crippen LogP contribution in [0, 0.1) is 0 Å². The van der Waals surface area contributed by atoms with E-state index in [1.165, 1.54) is 107 Å². The highest BCUT2D eigenvalue weighted by Crippen LogP contribution is 2.46. The van der Waals surface area contributed by atoms with Gasteiger partial charge in [-0.2, -0.15) is 0 Å². The molecule has 49 heavy (non-hydrogen) atoms. The third kappa shape index (κ3) is 3.79. The Kier molecular flexibility index (Phi) is 5.64. The molecule has 10 aromatic carbocycles. The highest BCUT2D eigenvalue weighted by atomic mass is 32.1. The van der Waals surface area contributed by atoms with E-state index < -0.39 is 0 Å². The minimum atomic E-state index is 1.24. The summed E-state index contributed by atoms with van der Waals surface area (Å²) in [4.78, 5) is 0. The lowest BCUT2D eigenvalue weighted by molar-refractivity contribution is 1.67. The first-order valence-electron chi connectivity index (χ1n) is 16.9. The summed E-state index contributed by atoms with van der Waals surface area (Å²) in [6.07, 6.45) is 0. The van der Waals surface area contributed by atoms with E-state index in [1.807, 2.05) is 11.3 Å². The first-order chi connectivity index (χ1) is 24.3. The molecule has 0 aliphatic rings. The summed E-state index contributed by atoms with van der Waals surface area (Å²) in [7, 11) is 0. The van der Waals surface area contributed by atoms with E-state index >= 15 is 0 Å². The maximum Gasteiger partial charge on any atom is 0.0434 e. The average molecular weight is 637 g/mol. The number of hydrogen-bond donors (Lipinski definition) is 0. The molecule has 11 aromatic rings. The van der Waals surface area contributed by atoms with Crippen molar-refractivity contribution in [1.82, 2.24) is 0 Å². The summed E-state index contributed by atoms with van der Waals surface area (Å²) >= 11 is 1.90. The second kappa shape index (κ2) is 10.2. The van der Waals surface area contributed by atoms with Gasteiger partial charge in [-0.3, -0.25) is 0 Å². The molecule has 0 amide bonds. The lowest BCUT2D eigenvalue weighted by Gasteiger charge is -2.17. The van der Waals surface area contributed by atoms with Gasteiger partial charge in [0.05, 0.1) is 0 Å². The third-order valence-corrected chi connectivity index (χ3v) is 11.9. The van der Waals surface area contributed by atoms with Crippen LogP contribution in [0.25, 0.3) is 107 Å². The zero-order chi connectivity index (χ0) is 32.1. The fourth-order valence-electron chi connectivity index (χ4n) is 8.53. The quantitative estimate of drug-likeness (QED) is 0.166. The van der Waals surface area contributed by atoms with E-state index in [0.717, 1.165) is 0 Å². The van der Waals surface area contributed by atoms with E-state index in [-0.39, 0.29) is 0 Å². The predicted octanol–water partition coefficient (Wildman–Crippen LogP) is 14.3. The van der Waals surface area contributed by atoms with Gasteiger partial charge in [0.2, 0.25) is 0 Å². The van der Waals surface area contributed by atoms with Crippen LogP contribution < -0.4 is 0 Å². The van der Waals surface area contributed by atoms with Gasteiger partial charge in [0.1, 0.15) is 0 Å². The molecule has 0 aliphatic heterocycles. The van der Waals surface area contributed by atoms with Gasteiger partial charge < -0.3 is 0 Å². The van der Waals surface area contributed by atoms with E-state index in [9.17, 15) is 0 Å². The first-order valence-corrected chi connectivity index (χ1v) is 17.8. The van der Waals surface area contributed by atoms with Gasteiger partial charge in [-0.05, 0) is 93.5 Å².